The molecular weight excluding hydrogens is 226 g/mol. The van der Waals surface area contributed by atoms with Crippen molar-refractivity contribution >= 4 is 11.7 Å². The van der Waals surface area contributed by atoms with Crippen LogP contribution in [0, 0.1) is 6.92 Å². The molecule has 1 aromatic carbocycles. The van der Waals surface area contributed by atoms with Crippen LogP contribution in [0.5, 0.6) is 0 Å². The average Bonchev–Trinajstić information content (AvgIpc) is 2.28. The third-order valence-corrected chi connectivity index (χ3v) is 3.86. The number of aryl methyl sites for hydroxylation is 1. The van der Waals surface area contributed by atoms with E-state index < -0.39 is 5.97 Å². The Labute approximate surface area is 108 Å². The molecule has 0 amide bonds. The van der Waals surface area contributed by atoms with Gasteiger partial charge in [0.15, 0.2) is 0 Å². The van der Waals surface area contributed by atoms with E-state index in [1.165, 1.54) is 6.42 Å². The van der Waals surface area contributed by atoms with E-state index in [1.54, 1.807) is 6.07 Å². The van der Waals surface area contributed by atoms with Gasteiger partial charge in [-0.3, -0.25) is 0 Å². The Balaban J connectivity index is 2.47. The van der Waals surface area contributed by atoms with E-state index >= 15 is 0 Å². The molecule has 0 aliphatic carbocycles. The molecule has 1 N–H and O–H groups in total. The van der Waals surface area contributed by atoms with Crippen LogP contribution >= 0.6 is 0 Å². The quantitative estimate of drug-likeness (QED) is 0.870. The van der Waals surface area contributed by atoms with Crippen LogP contribution in [0.3, 0.4) is 0 Å². The molecule has 1 fully saturated rings. The van der Waals surface area contributed by atoms with E-state index in [0.717, 1.165) is 24.1 Å². The SMILES string of the molecule is Cc1ccc(C(=O)O)c(N2[C@H](C)CCC[C@@H]2C)c1. The van der Waals surface area contributed by atoms with Crippen molar-refractivity contribution in [1.29, 1.82) is 0 Å². The number of aromatic carboxylic acids is 1. The standard InChI is InChI=1S/C15H21NO2/c1-10-7-8-13(15(17)18)14(9-10)16-11(2)5-4-6-12(16)3/h7-9,11-12H,4-6H2,1-3H3,(H,17,18)/t11-,12+. The van der Waals surface area contributed by atoms with Crippen LogP contribution in [-0.4, -0.2) is 23.2 Å². The Hall–Kier alpha value is -1.51. The van der Waals surface area contributed by atoms with Gasteiger partial charge in [0, 0.05) is 12.1 Å². The molecule has 1 saturated heterocycles. The second-order valence-corrected chi connectivity index (χ2v) is 5.36. The largest absolute Gasteiger partial charge is 0.478 e. The van der Waals surface area contributed by atoms with Gasteiger partial charge >= 0.3 is 5.97 Å². The highest BCUT2D eigenvalue weighted by atomic mass is 16.4. The molecule has 2 atom stereocenters. The van der Waals surface area contributed by atoms with Crippen LogP contribution in [0.4, 0.5) is 5.69 Å². The van der Waals surface area contributed by atoms with Gasteiger partial charge in [-0.25, -0.2) is 4.79 Å². The van der Waals surface area contributed by atoms with Gasteiger partial charge in [-0.1, -0.05) is 6.07 Å². The summed E-state index contributed by atoms with van der Waals surface area (Å²) in [5, 5.41) is 9.33. The molecule has 2 rings (SSSR count). The normalized spacial score (nSPS) is 24.1. The van der Waals surface area contributed by atoms with Crippen LogP contribution in [0.15, 0.2) is 18.2 Å². The lowest BCUT2D eigenvalue weighted by Crippen LogP contribution is -2.44. The molecule has 0 spiro atoms. The van der Waals surface area contributed by atoms with Crippen molar-refractivity contribution in [3.63, 3.8) is 0 Å². The summed E-state index contributed by atoms with van der Waals surface area (Å²) in [7, 11) is 0. The van der Waals surface area contributed by atoms with Gasteiger partial charge in [0.2, 0.25) is 0 Å². The molecule has 1 aliphatic heterocycles. The third-order valence-electron chi connectivity index (χ3n) is 3.86. The van der Waals surface area contributed by atoms with Gasteiger partial charge in [0.1, 0.15) is 0 Å². The molecule has 0 aromatic heterocycles. The highest BCUT2D eigenvalue weighted by Gasteiger charge is 2.27. The van der Waals surface area contributed by atoms with E-state index in [2.05, 4.69) is 18.7 Å². The first-order valence-corrected chi connectivity index (χ1v) is 6.63. The van der Waals surface area contributed by atoms with E-state index in [9.17, 15) is 9.90 Å². The van der Waals surface area contributed by atoms with E-state index in [0.29, 0.717) is 17.6 Å². The predicted molar refractivity (Wildman–Crippen MR) is 73.4 cm³/mol. The van der Waals surface area contributed by atoms with E-state index in [-0.39, 0.29) is 0 Å². The van der Waals surface area contributed by atoms with Crippen LogP contribution in [0.2, 0.25) is 0 Å². The van der Waals surface area contributed by atoms with Gasteiger partial charge in [-0.15, -0.1) is 0 Å². The van der Waals surface area contributed by atoms with E-state index in [4.69, 9.17) is 0 Å². The van der Waals surface area contributed by atoms with E-state index in [1.807, 2.05) is 19.1 Å². The molecule has 1 aliphatic rings. The van der Waals surface area contributed by atoms with Gasteiger partial charge < -0.3 is 10.0 Å². The van der Waals surface area contributed by atoms with Crippen LogP contribution in [-0.2, 0) is 0 Å². The molecule has 0 bridgehead atoms. The highest BCUT2D eigenvalue weighted by Crippen LogP contribution is 2.32. The minimum absolute atomic E-state index is 0.411. The number of anilines is 1. The van der Waals surface area contributed by atoms with Gasteiger partial charge in [-0.05, 0) is 57.7 Å². The maximum Gasteiger partial charge on any atom is 0.337 e. The molecule has 0 saturated carbocycles. The first-order valence-electron chi connectivity index (χ1n) is 6.63. The molecule has 0 unspecified atom stereocenters. The average molecular weight is 247 g/mol. The number of piperidine rings is 1. The lowest BCUT2D eigenvalue weighted by molar-refractivity contribution is 0.0697. The van der Waals surface area contributed by atoms with Crippen LogP contribution < -0.4 is 4.90 Å². The number of rotatable bonds is 2. The lowest BCUT2D eigenvalue weighted by Gasteiger charge is -2.41. The van der Waals surface area contributed by atoms with Crippen molar-refractivity contribution in [1.82, 2.24) is 0 Å². The zero-order valence-electron chi connectivity index (χ0n) is 11.3. The fourth-order valence-electron chi connectivity index (χ4n) is 2.93. The number of hydrogen-bond donors (Lipinski definition) is 1. The number of carboxylic acid groups (broad SMARTS) is 1. The van der Waals surface area contributed by atoms with Crippen molar-refractivity contribution in [2.45, 2.75) is 52.1 Å². The summed E-state index contributed by atoms with van der Waals surface area (Å²) in [5.74, 6) is -0.838. The summed E-state index contributed by atoms with van der Waals surface area (Å²) in [6, 6.07) is 6.41. The van der Waals surface area contributed by atoms with Gasteiger partial charge in [0.25, 0.3) is 0 Å². The maximum atomic E-state index is 11.4. The summed E-state index contributed by atoms with van der Waals surface area (Å²) < 4.78 is 0. The van der Waals surface area contributed by atoms with Crippen molar-refractivity contribution in [3.8, 4) is 0 Å². The Morgan fingerprint density at radius 3 is 2.44 bits per heavy atom. The third kappa shape index (κ3) is 2.35. The first-order chi connectivity index (χ1) is 8.50. The Bertz CT molecular complexity index is 446. The molecule has 3 heteroatoms. The minimum Gasteiger partial charge on any atom is -0.478 e. The molecule has 1 aromatic rings. The zero-order chi connectivity index (χ0) is 13.3. The Morgan fingerprint density at radius 1 is 1.28 bits per heavy atom. The number of carboxylic acids is 1. The van der Waals surface area contributed by atoms with Crippen molar-refractivity contribution < 1.29 is 9.90 Å². The van der Waals surface area contributed by atoms with Gasteiger partial charge in [0.05, 0.1) is 11.3 Å². The number of carbonyl (C=O) groups is 1. The topological polar surface area (TPSA) is 40.5 Å². The monoisotopic (exact) mass is 247 g/mol. The lowest BCUT2D eigenvalue weighted by atomic mass is 9.95. The summed E-state index contributed by atoms with van der Waals surface area (Å²) in [6.07, 6.45) is 3.50. The fraction of sp³-hybridized carbons (Fsp3) is 0.533. The first kappa shape index (κ1) is 12.9. The molecule has 18 heavy (non-hydrogen) atoms. The maximum absolute atomic E-state index is 11.4. The smallest absolute Gasteiger partial charge is 0.337 e. The molecule has 1 heterocycles. The van der Waals surface area contributed by atoms with Crippen LogP contribution in [0.1, 0.15) is 49.0 Å². The van der Waals surface area contributed by atoms with Gasteiger partial charge in [-0.2, -0.15) is 0 Å². The van der Waals surface area contributed by atoms with Crippen molar-refractivity contribution in [3.05, 3.63) is 29.3 Å². The van der Waals surface area contributed by atoms with Crippen molar-refractivity contribution in [2.24, 2.45) is 0 Å². The molecule has 0 radical (unpaired) electrons. The highest BCUT2D eigenvalue weighted by molar-refractivity contribution is 5.94. The molecule has 98 valence electrons. The summed E-state index contributed by atoms with van der Waals surface area (Å²) in [4.78, 5) is 13.6. The Morgan fingerprint density at radius 2 is 1.89 bits per heavy atom. The number of benzene rings is 1. The number of hydrogen-bond acceptors (Lipinski definition) is 2. The molecule has 3 nitrogen and oxygen atoms in total. The summed E-state index contributed by atoms with van der Waals surface area (Å²) in [6.45, 7) is 6.38. The Kier molecular flexibility index (Phi) is 3.60. The number of nitrogens with zero attached hydrogens (tertiary/aromatic N) is 1. The minimum atomic E-state index is -0.838. The second-order valence-electron chi connectivity index (χ2n) is 5.36. The van der Waals surface area contributed by atoms with Crippen molar-refractivity contribution in [2.75, 3.05) is 4.90 Å². The predicted octanol–water partition coefficient (Wildman–Crippen LogP) is 3.46. The van der Waals surface area contributed by atoms with Crippen LogP contribution in [0.25, 0.3) is 0 Å². The second kappa shape index (κ2) is 5.01. The fourth-order valence-corrected chi connectivity index (χ4v) is 2.93. The zero-order valence-corrected chi connectivity index (χ0v) is 11.3. The summed E-state index contributed by atoms with van der Waals surface area (Å²) in [5.41, 5.74) is 2.41. The summed E-state index contributed by atoms with van der Waals surface area (Å²) >= 11 is 0. The molecular formula is C15H21NO2.